The molecule has 0 fully saturated rings. The topological polar surface area (TPSA) is 17.1 Å². The third-order valence-corrected chi connectivity index (χ3v) is 3.70. The summed E-state index contributed by atoms with van der Waals surface area (Å²) in [5.41, 5.74) is 3.43. The van der Waals surface area contributed by atoms with Crippen LogP contribution < -0.4 is 0 Å². The minimum Gasteiger partial charge on any atom is -0.299 e. The van der Waals surface area contributed by atoms with Gasteiger partial charge in [0.2, 0.25) is 0 Å². The molecule has 0 radical (unpaired) electrons. The van der Waals surface area contributed by atoms with Gasteiger partial charge in [0.15, 0.2) is 0 Å². The van der Waals surface area contributed by atoms with Crippen molar-refractivity contribution in [2.75, 3.05) is 0 Å². The Bertz CT molecular complexity index is 567. The lowest BCUT2D eigenvalue weighted by atomic mass is 9.86. The SMILES string of the molecule is CC(=O)C(C=C(c1ccccc1)c1ccccc1)C(C)C. The normalized spacial score (nSPS) is 12.0. The van der Waals surface area contributed by atoms with Gasteiger partial charge >= 0.3 is 0 Å². The van der Waals surface area contributed by atoms with Crippen LogP contribution in [0.4, 0.5) is 0 Å². The average molecular weight is 278 g/mol. The van der Waals surface area contributed by atoms with Crippen LogP contribution in [0.5, 0.6) is 0 Å². The smallest absolute Gasteiger partial charge is 0.136 e. The first-order chi connectivity index (χ1) is 10.1. The molecule has 0 bridgehead atoms. The van der Waals surface area contributed by atoms with Crippen LogP contribution in [0, 0.1) is 11.8 Å². The largest absolute Gasteiger partial charge is 0.299 e. The van der Waals surface area contributed by atoms with E-state index < -0.39 is 0 Å². The summed E-state index contributed by atoms with van der Waals surface area (Å²) in [6, 6.07) is 20.5. The number of allylic oxidation sites excluding steroid dienone is 1. The first-order valence-electron chi connectivity index (χ1n) is 7.42. The first kappa shape index (κ1) is 15.2. The highest BCUT2D eigenvalue weighted by Gasteiger charge is 2.17. The number of hydrogen-bond donors (Lipinski definition) is 0. The second-order valence-corrected chi connectivity index (χ2v) is 5.69. The van der Waals surface area contributed by atoms with Gasteiger partial charge in [0.05, 0.1) is 0 Å². The van der Waals surface area contributed by atoms with Gasteiger partial charge in [-0.15, -0.1) is 0 Å². The third kappa shape index (κ3) is 3.91. The first-order valence-corrected chi connectivity index (χ1v) is 7.42. The summed E-state index contributed by atoms with van der Waals surface area (Å²) < 4.78 is 0. The van der Waals surface area contributed by atoms with Crippen molar-refractivity contribution < 1.29 is 4.79 Å². The predicted molar refractivity (Wildman–Crippen MR) is 89.0 cm³/mol. The van der Waals surface area contributed by atoms with Crippen LogP contribution in [0.25, 0.3) is 5.57 Å². The molecule has 0 spiro atoms. The molecule has 1 atom stereocenters. The van der Waals surface area contributed by atoms with E-state index in [0.29, 0.717) is 5.92 Å². The van der Waals surface area contributed by atoms with Crippen molar-refractivity contribution in [1.29, 1.82) is 0 Å². The number of ketones is 1. The van der Waals surface area contributed by atoms with Crippen LogP contribution in [-0.4, -0.2) is 5.78 Å². The molecule has 2 aromatic carbocycles. The standard InChI is InChI=1S/C20H22O/c1-15(2)19(16(3)21)14-20(17-10-6-4-7-11-17)18-12-8-5-9-13-18/h4-15,19H,1-3H3. The Kier molecular flexibility index (Phi) is 5.10. The quantitative estimate of drug-likeness (QED) is 0.754. The highest BCUT2D eigenvalue weighted by Crippen LogP contribution is 2.27. The second-order valence-electron chi connectivity index (χ2n) is 5.69. The molecule has 1 nitrogen and oxygen atoms in total. The summed E-state index contributed by atoms with van der Waals surface area (Å²) >= 11 is 0. The van der Waals surface area contributed by atoms with Gasteiger partial charge in [-0.3, -0.25) is 4.79 Å². The molecule has 2 aromatic rings. The van der Waals surface area contributed by atoms with Crippen LogP contribution in [0.2, 0.25) is 0 Å². The average Bonchev–Trinajstić information content (AvgIpc) is 2.49. The Hall–Kier alpha value is -2.15. The van der Waals surface area contributed by atoms with Gasteiger partial charge in [0.25, 0.3) is 0 Å². The molecule has 0 amide bonds. The van der Waals surface area contributed by atoms with Gasteiger partial charge in [0, 0.05) is 5.92 Å². The lowest BCUT2D eigenvalue weighted by Crippen LogP contribution is -2.15. The van der Waals surface area contributed by atoms with Gasteiger partial charge < -0.3 is 0 Å². The number of carbonyl (C=O) groups excluding carboxylic acids is 1. The Morgan fingerprint density at radius 3 is 1.62 bits per heavy atom. The zero-order valence-corrected chi connectivity index (χ0v) is 12.9. The predicted octanol–water partition coefficient (Wildman–Crippen LogP) is 4.98. The molecular weight excluding hydrogens is 256 g/mol. The monoisotopic (exact) mass is 278 g/mol. The fourth-order valence-corrected chi connectivity index (χ4v) is 2.55. The van der Waals surface area contributed by atoms with E-state index in [0.717, 1.165) is 16.7 Å². The van der Waals surface area contributed by atoms with Gasteiger partial charge in [0.1, 0.15) is 5.78 Å². The highest BCUT2D eigenvalue weighted by atomic mass is 16.1. The molecule has 21 heavy (non-hydrogen) atoms. The zero-order valence-electron chi connectivity index (χ0n) is 12.9. The Morgan fingerprint density at radius 1 is 0.857 bits per heavy atom. The van der Waals surface area contributed by atoms with Gasteiger partial charge in [-0.25, -0.2) is 0 Å². The Labute approximate surface area is 127 Å². The Morgan fingerprint density at radius 2 is 1.29 bits per heavy atom. The highest BCUT2D eigenvalue weighted by molar-refractivity contribution is 5.86. The third-order valence-electron chi connectivity index (χ3n) is 3.70. The molecule has 0 heterocycles. The maximum Gasteiger partial charge on any atom is 0.136 e. The van der Waals surface area contributed by atoms with Crippen molar-refractivity contribution in [2.45, 2.75) is 20.8 Å². The van der Waals surface area contributed by atoms with E-state index in [-0.39, 0.29) is 11.7 Å². The van der Waals surface area contributed by atoms with Crippen LogP contribution in [0.3, 0.4) is 0 Å². The van der Waals surface area contributed by atoms with E-state index in [1.165, 1.54) is 0 Å². The number of Topliss-reactive ketones (excluding diaryl/α,β-unsaturated/α-hetero) is 1. The molecule has 0 aromatic heterocycles. The number of carbonyl (C=O) groups is 1. The summed E-state index contributed by atoms with van der Waals surface area (Å²) in [4.78, 5) is 11.9. The maximum absolute atomic E-state index is 11.9. The lowest BCUT2D eigenvalue weighted by Gasteiger charge is -2.17. The van der Waals surface area contributed by atoms with E-state index >= 15 is 0 Å². The number of rotatable bonds is 5. The van der Waals surface area contributed by atoms with Gasteiger partial charge in [-0.2, -0.15) is 0 Å². The minimum absolute atomic E-state index is 0.0552. The second kappa shape index (κ2) is 7.03. The summed E-state index contributed by atoms with van der Waals surface area (Å²) in [6.45, 7) is 5.86. The fraction of sp³-hybridized carbons (Fsp3) is 0.250. The number of hydrogen-bond acceptors (Lipinski definition) is 1. The van der Waals surface area contributed by atoms with E-state index in [1.807, 2.05) is 36.4 Å². The number of benzene rings is 2. The van der Waals surface area contributed by atoms with Crippen molar-refractivity contribution in [3.05, 3.63) is 77.9 Å². The summed E-state index contributed by atoms with van der Waals surface area (Å²) in [6.07, 6.45) is 2.12. The summed E-state index contributed by atoms with van der Waals surface area (Å²) in [7, 11) is 0. The summed E-state index contributed by atoms with van der Waals surface area (Å²) in [5, 5.41) is 0. The van der Waals surface area contributed by atoms with E-state index in [9.17, 15) is 4.79 Å². The van der Waals surface area contributed by atoms with Gasteiger partial charge in [-0.05, 0) is 29.5 Å². The fourth-order valence-electron chi connectivity index (χ4n) is 2.55. The van der Waals surface area contributed by atoms with Crippen LogP contribution in [0.15, 0.2) is 66.7 Å². The summed E-state index contributed by atoms with van der Waals surface area (Å²) in [5.74, 6) is 0.458. The molecule has 0 aliphatic heterocycles. The van der Waals surface area contributed by atoms with E-state index in [2.05, 4.69) is 44.2 Å². The molecule has 1 unspecified atom stereocenters. The van der Waals surface area contributed by atoms with Crippen LogP contribution >= 0.6 is 0 Å². The Balaban J connectivity index is 2.54. The maximum atomic E-state index is 11.9. The molecule has 0 N–H and O–H groups in total. The molecule has 2 rings (SSSR count). The molecule has 1 heteroatoms. The lowest BCUT2D eigenvalue weighted by molar-refractivity contribution is -0.120. The van der Waals surface area contributed by atoms with Crippen molar-refractivity contribution in [1.82, 2.24) is 0 Å². The van der Waals surface area contributed by atoms with Crippen LogP contribution in [0.1, 0.15) is 31.9 Å². The van der Waals surface area contributed by atoms with Crippen molar-refractivity contribution >= 4 is 11.4 Å². The van der Waals surface area contributed by atoms with Gasteiger partial charge in [-0.1, -0.05) is 80.6 Å². The van der Waals surface area contributed by atoms with Crippen molar-refractivity contribution in [3.63, 3.8) is 0 Å². The molecule has 0 saturated carbocycles. The van der Waals surface area contributed by atoms with Crippen LogP contribution in [-0.2, 0) is 4.79 Å². The molecule has 0 aliphatic rings. The molecule has 0 aliphatic carbocycles. The van der Waals surface area contributed by atoms with E-state index in [4.69, 9.17) is 0 Å². The van der Waals surface area contributed by atoms with Crippen molar-refractivity contribution in [2.24, 2.45) is 11.8 Å². The molecular formula is C20H22O. The minimum atomic E-state index is -0.0552. The zero-order chi connectivity index (χ0) is 15.2. The molecule has 0 saturated heterocycles. The van der Waals surface area contributed by atoms with E-state index in [1.54, 1.807) is 6.92 Å². The van der Waals surface area contributed by atoms with Crippen molar-refractivity contribution in [3.8, 4) is 0 Å². The molecule has 108 valence electrons.